The second-order valence-electron chi connectivity index (χ2n) is 5.31. The fourth-order valence-corrected chi connectivity index (χ4v) is 2.69. The molecule has 0 aromatic carbocycles. The van der Waals surface area contributed by atoms with Crippen molar-refractivity contribution in [3.05, 3.63) is 0 Å². The van der Waals surface area contributed by atoms with E-state index in [-0.39, 0.29) is 11.9 Å². The van der Waals surface area contributed by atoms with E-state index in [1.165, 1.54) is 32.1 Å². The van der Waals surface area contributed by atoms with Crippen molar-refractivity contribution < 1.29 is 4.79 Å². The Hall–Kier alpha value is -0.570. The zero-order chi connectivity index (χ0) is 12.5. The lowest BCUT2D eigenvalue weighted by Gasteiger charge is -2.13. The summed E-state index contributed by atoms with van der Waals surface area (Å²) in [4.78, 5) is 11.6. The molecule has 2 N–H and O–H groups in total. The van der Waals surface area contributed by atoms with Gasteiger partial charge in [-0.3, -0.25) is 4.79 Å². The third-order valence-electron chi connectivity index (χ3n) is 3.63. The molecule has 0 aromatic heterocycles. The standard InChI is InChI=1S/C14H28N2O/c1-3-15-12(2)11-14(17)16-10-6-9-13-7-4-5-8-13/h12-13,15H,3-11H2,1-2H3,(H,16,17). The molecular formula is C14H28N2O. The Morgan fingerprint density at radius 3 is 2.71 bits per heavy atom. The number of amides is 1. The monoisotopic (exact) mass is 240 g/mol. The summed E-state index contributed by atoms with van der Waals surface area (Å²) in [5.41, 5.74) is 0. The maximum absolute atomic E-state index is 11.6. The van der Waals surface area contributed by atoms with Crippen LogP contribution in [0.3, 0.4) is 0 Å². The first-order valence-electron chi connectivity index (χ1n) is 7.22. The van der Waals surface area contributed by atoms with Gasteiger partial charge in [0.2, 0.25) is 5.91 Å². The summed E-state index contributed by atoms with van der Waals surface area (Å²) in [7, 11) is 0. The van der Waals surface area contributed by atoms with Crippen LogP contribution in [0.1, 0.15) is 58.8 Å². The van der Waals surface area contributed by atoms with Gasteiger partial charge in [-0.15, -0.1) is 0 Å². The predicted molar refractivity (Wildman–Crippen MR) is 72.0 cm³/mol. The Labute approximate surface area is 106 Å². The lowest BCUT2D eigenvalue weighted by Crippen LogP contribution is -2.34. The molecule has 17 heavy (non-hydrogen) atoms. The van der Waals surface area contributed by atoms with E-state index in [9.17, 15) is 4.79 Å². The summed E-state index contributed by atoms with van der Waals surface area (Å²) in [6, 6.07) is 0.287. The second-order valence-corrected chi connectivity index (χ2v) is 5.31. The van der Waals surface area contributed by atoms with E-state index in [4.69, 9.17) is 0 Å². The molecule has 1 aliphatic carbocycles. The Balaban J connectivity index is 1.95. The van der Waals surface area contributed by atoms with Gasteiger partial charge in [-0.2, -0.15) is 0 Å². The molecule has 100 valence electrons. The van der Waals surface area contributed by atoms with Gasteiger partial charge in [-0.25, -0.2) is 0 Å². The summed E-state index contributed by atoms with van der Waals surface area (Å²) >= 11 is 0. The number of nitrogens with one attached hydrogen (secondary N) is 2. The van der Waals surface area contributed by atoms with Gasteiger partial charge in [0.15, 0.2) is 0 Å². The largest absolute Gasteiger partial charge is 0.356 e. The maximum Gasteiger partial charge on any atom is 0.221 e. The van der Waals surface area contributed by atoms with Crippen LogP contribution < -0.4 is 10.6 Å². The highest BCUT2D eigenvalue weighted by molar-refractivity contribution is 5.76. The van der Waals surface area contributed by atoms with E-state index in [0.29, 0.717) is 6.42 Å². The Bertz CT molecular complexity index is 212. The molecule has 3 heteroatoms. The summed E-state index contributed by atoms with van der Waals surface area (Å²) in [5, 5.41) is 6.27. The Morgan fingerprint density at radius 1 is 1.35 bits per heavy atom. The highest BCUT2D eigenvalue weighted by Crippen LogP contribution is 2.28. The van der Waals surface area contributed by atoms with Crippen LogP contribution in [0.15, 0.2) is 0 Å². The van der Waals surface area contributed by atoms with Crippen LogP contribution in [0.5, 0.6) is 0 Å². The van der Waals surface area contributed by atoms with Gasteiger partial charge < -0.3 is 10.6 Å². The molecule has 0 bridgehead atoms. The number of hydrogen-bond acceptors (Lipinski definition) is 2. The van der Waals surface area contributed by atoms with Crippen LogP contribution >= 0.6 is 0 Å². The molecule has 1 rings (SSSR count). The molecule has 0 spiro atoms. The van der Waals surface area contributed by atoms with Crippen LogP contribution in [0.2, 0.25) is 0 Å². The van der Waals surface area contributed by atoms with Gasteiger partial charge in [0, 0.05) is 19.0 Å². The quantitative estimate of drug-likeness (QED) is 0.640. The van der Waals surface area contributed by atoms with E-state index in [1.807, 2.05) is 0 Å². The van der Waals surface area contributed by atoms with Crippen molar-refractivity contribution in [1.29, 1.82) is 0 Å². The number of hydrogen-bond donors (Lipinski definition) is 2. The summed E-state index contributed by atoms with van der Waals surface area (Å²) in [5.74, 6) is 1.12. The normalized spacial score (nSPS) is 18.2. The predicted octanol–water partition coefficient (Wildman–Crippen LogP) is 2.46. The molecular weight excluding hydrogens is 212 g/mol. The smallest absolute Gasteiger partial charge is 0.221 e. The number of carbonyl (C=O) groups is 1. The van der Waals surface area contributed by atoms with Crippen molar-refractivity contribution in [1.82, 2.24) is 10.6 Å². The topological polar surface area (TPSA) is 41.1 Å². The van der Waals surface area contributed by atoms with Gasteiger partial charge in [-0.1, -0.05) is 32.6 Å². The first-order chi connectivity index (χ1) is 8.22. The van der Waals surface area contributed by atoms with Crippen LogP contribution in [0, 0.1) is 5.92 Å². The second kappa shape index (κ2) is 8.51. The molecule has 0 heterocycles. The van der Waals surface area contributed by atoms with E-state index < -0.39 is 0 Å². The van der Waals surface area contributed by atoms with Gasteiger partial charge in [0.05, 0.1) is 0 Å². The van der Waals surface area contributed by atoms with Crippen molar-refractivity contribution in [3.8, 4) is 0 Å². The van der Waals surface area contributed by atoms with Crippen molar-refractivity contribution in [2.24, 2.45) is 5.92 Å². The lowest BCUT2D eigenvalue weighted by molar-refractivity contribution is -0.121. The average Bonchev–Trinajstić information content (AvgIpc) is 2.77. The number of carbonyl (C=O) groups excluding carboxylic acids is 1. The average molecular weight is 240 g/mol. The first kappa shape index (κ1) is 14.5. The molecule has 1 atom stereocenters. The maximum atomic E-state index is 11.6. The zero-order valence-corrected chi connectivity index (χ0v) is 11.4. The minimum atomic E-state index is 0.185. The highest BCUT2D eigenvalue weighted by atomic mass is 16.1. The molecule has 0 saturated heterocycles. The molecule has 1 unspecified atom stereocenters. The van der Waals surface area contributed by atoms with Gasteiger partial charge in [-0.05, 0) is 32.2 Å². The fourth-order valence-electron chi connectivity index (χ4n) is 2.69. The summed E-state index contributed by atoms with van der Waals surface area (Å²) in [6.45, 7) is 5.90. The van der Waals surface area contributed by atoms with Gasteiger partial charge in [0.25, 0.3) is 0 Å². The van der Waals surface area contributed by atoms with Gasteiger partial charge >= 0.3 is 0 Å². The first-order valence-corrected chi connectivity index (χ1v) is 7.22. The minimum Gasteiger partial charge on any atom is -0.356 e. The molecule has 0 aliphatic heterocycles. The van der Waals surface area contributed by atoms with Crippen LogP contribution in [0.25, 0.3) is 0 Å². The SMILES string of the molecule is CCNC(C)CC(=O)NCCCC1CCCC1. The highest BCUT2D eigenvalue weighted by Gasteiger charge is 2.14. The van der Waals surface area contributed by atoms with E-state index >= 15 is 0 Å². The molecule has 1 saturated carbocycles. The lowest BCUT2D eigenvalue weighted by atomic mass is 10.0. The van der Waals surface area contributed by atoms with Crippen LogP contribution in [0.4, 0.5) is 0 Å². The van der Waals surface area contributed by atoms with Crippen LogP contribution in [-0.4, -0.2) is 25.0 Å². The molecule has 1 fully saturated rings. The van der Waals surface area contributed by atoms with Crippen LogP contribution in [-0.2, 0) is 4.79 Å². The number of rotatable bonds is 8. The van der Waals surface area contributed by atoms with Gasteiger partial charge in [0.1, 0.15) is 0 Å². The molecule has 0 aromatic rings. The summed E-state index contributed by atoms with van der Waals surface area (Å²) in [6.07, 6.45) is 8.68. The van der Waals surface area contributed by atoms with Crippen molar-refractivity contribution in [2.75, 3.05) is 13.1 Å². The molecule has 1 aliphatic rings. The molecule has 3 nitrogen and oxygen atoms in total. The third-order valence-corrected chi connectivity index (χ3v) is 3.63. The van der Waals surface area contributed by atoms with E-state index in [1.54, 1.807) is 0 Å². The zero-order valence-electron chi connectivity index (χ0n) is 11.4. The Morgan fingerprint density at radius 2 is 2.06 bits per heavy atom. The third kappa shape index (κ3) is 6.67. The van der Waals surface area contributed by atoms with Crippen molar-refractivity contribution in [3.63, 3.8) is 0 Å². The van der Waals surface area contributed by atoms with E-state index in [2.05, 4.69) is 24.5 Å². The Kier molecular flexibility index (Phi) is 7.25. The summed E-state index contributed by atoms with van der Waals surface area (Å²) < 4.78 is 0. The fraction of sp³-hybridized carbons (Fsp3) is 0.929. The van der Waals surface area contributed by atoms with Crippen molar-refractivity contribution >= 4 is 5.91 Å². The molecule has 1 amide bonds. The van der Waals surface area contributed by atoms with Crippen molar-refractivity contribution in [2.45, 2.75) is 64.8 Å². The van der Waals surface area contributed by atoms with E-state index in [0.717, 1.165) is 25.4 Å². The molecule has 0 radical (unpaired) electrons. The minimum absolute atomic E-state index is 0.185.